The molecule has 0 bridgehead atoms. The summed E-state index contributed by atoms with van der Waals surface area (Å²) in [6.45, 7) is 2.24. The molecule has 1 aliphatic heterocycles. The lowest BCUT2D eigenvalue weighted by Crippen LogP contribution is -2.41. The lowest BCUT2D eigenvalue weighted by atomic mass is 10.1. The van der Waals surface area contributed by atoms with E-state index >= 15 is 0 Å². The molecule has 13 heteroatoms. The van der Waals surface area contributed by atoms with Gasteiger partial charge in [0.25, 0.3) is 15.7 Å². The number of methoxy groups -OCH3 is 1. The number of amides is 2. The van der Waals surface area contributed by atoms with Crippen LogP contribution in [-0.4, -0.2) is 50.3 Å². The molecule has 2 amide bonds. The number of benzene rings is 3. The van der Waals surface area contributed by atoms with Gasteiger partial charge < -0.3 is 15.0 Å². The molecule has 0 saturated carbocycles. The largest absolute Gasteiger partial charge is 0.495 e. The Balaban J connectivity index is 1.56. The van der Waals surface area contributed by atoms with Gasteiger partial charge in [0, 0.05) is 42.7 Å². The normalized spacial score (nSPS) is 13.2. The number of nitrogens with one attached hydrogen (secondary N) is 1. The highest BCUT2D eigenvalue weighted by Gasteiger charge is 2.31. The highest BCUT2D eigenvalue weighted by Crippen LogP contribution is 2.35. The van der Waals surface area contributed by atoms with Crippen molar-refractivity contribution in [3.63, 3.8) is 0 Å². The second-order valence-corrected chi connectivity index (χ2v) is 11.8. The smallest absolute Gasteiger partial charge is 0.273 e. The van der Waals surface area contributed by atoms with Crippen molar-refractivity contribution in [3.05, 3.63) is 92.5 Å². The summed E-state index contributed by atoms with van der Waals surface area (Å²) in [6, 6.07) is 15.3. The predicted molar refractivity (Wildman–Crippen MR) is 153 cm³/mol. The van der Waals surface area contributed by atoms with E-state index in [0.717, 1.165) is 34.5 Å². The fraction of sp³-hybridized carbons (Fsp3) is 0.286. The van der Waals surface area contributed by atoms with Gasteiger partial charge >= 0.3 is 0 Å². The van der Waals surface area contributed by atoms with Crippen LogP contribution in [0.15, 0.2) is 65.6 Å². The van der Waals surface area contributed by atoms with E-state index in [0.29, 0.717) is 13.0 Å². The first-order valence-electron chi connectivity index (χ1n) is 12.7. The maximum absolute atomic E-state index is 13.8. The van der Waals surface area contributed by atoms with Crippen LogP contribution < -0.4 is 14.4 Å². The number of ether oxygens (including phenoxy) is 1. The van der Waals surface area contributed by atoms with Crippen LogP contribution in [0, 0.1) is 17.0 Å². The summed E-state index contributed by atoms with van der Waals surface area (Å²) in [4.78, 5) is 37.2. The number of halogens is 1. The Morgan fingerprint density at radius 2 is 1.83 bits per heavy atom. The Bertz CT molecular complexity index is 1580. The van der Waals surface area contributed by atoms with E-state index < -0.39 is 27.4 Å². The van der Waals surface area contributed by atoms with Gasteiger partial charge in [-0.2, -0.15) is 0 Å². The average Bonchev–Trinajstić information content (AvgIpc) is 3.35. The van der Waals surface area contributed by atoms with E-state index in [4.69, 9.17) is 16.3 Å². The van der Waals surface area contributed by atoms with Gasteiger partial charge in [0.1, 0.15) is 12.3 Å². The number of sulfonamides is 1. The van der Waals surface area contributed by atoms with E-state index in [9.17, 15) is 28.1 Å². The summed E-state index contributed by atoms with van der Waals surface area (Å²) < 4.78 is 33.8. The molecule has 1 N–H and O–H groups in total. The number of hydrogen-bond acceptors (Lipinski definition) is 7. The van der Waals surface area contributed by atoms with Crippen molar-refractivity contribution in [2.75, 3.05) is 24.5 Å². The van der Waals surface area contributed by atoms with Gasteiger partial charge in [-0.05, 0) is 48.7 Å². The highest BCUT2D eigenvalue weighted by molar-refractivity contribution is 7.92. The third kappa shape index (κ3) is 6.95. The van der Waals surface area contributed by atoms with Gasteiger partial charge in [0.2, 0.25) is 11.8 Å². The van der Waals surface area contributed by atoms with Crippen molar-refractivity contribution in [2.24, 2.45) is 0 Å². The van der Waals surface area contributed by atoms with E-state index in [2.05, 4.69) is 5.32 Å². The number of aryl methyl sites for hydroxylation is 1. The lowest BCUT2D eigenvalue weighted by Gasteiger charge is -2.26. The predicted octanol–water partition coefficient (Wildman–Crippen LogP) is 4.20. The molecule has 1 saturated heterocycles. The van der Waals surface area contributed by atoms with Crippen LogP contribution >= 0.6 is 11.6 Å². The highest BCUT2D eigenvalue weighted by atomic mass is 35.5. The molecule has 1 heterocycles. The number of hydrogen-bond donors (Lipinski definition) is 1. The van der Waals surface area contributed by atoms with Crippen molar-refractivity contribution in [1.29, 1.82) is 0 Å². The number of anilines is 1. The maximum atomic E-state index is 13.8. The van der Waals surface area contributed by atoms with E-state index in [1.54, 1.807) is 4.90 Å². The zero-order valence-electron chi connectivity index (χ0n) is 22.5. The summed E-state index contributed by atoms with van der Waals surface area (Å²) in [6.07, 6.45) is 1.43. The molecule has 41 heavy (non-hydrogen) atoms. The SMILES string of the molecule is COc1ccc(Cl)cc1N(CC(=O)NCc1ccc(CN2CCCC2=O)cc1)S(=O)(=O)c1ccc(C)c([N+](=O)[O-])c1. The quantitative estimate of drug-likeness (QED) is 0.257. The first-order valence-corrected chi connectivity index (χ1v) is 14.5. The Morgan fingerprint density at radius 3 is 2.46 bits per heavy atom. The number of likely N-dealkylation sites (tertiary alicyclic amines) is 1. The van der Waals surface area contributed by atoms with Gasteiger partial charge in [-0.15, -0.1) is 0 Å². The van der Waals surface area contributed by atoms with Gasteiger partial charge in [0.15, 0.2) is 0 Å². The molecule has 0 atom stereocenters. The standard InChI is InChI=1S/C28H29ClN4O7S/c1-19-5-11-23(15-24(19)33(36)37)41(38,39)32(25-14-22(29)10-12-26(25)40-2)18-27(34)30-16-20-6-8-21(9-7-20)17-31-13-3-4-28(31)35/h5-12,14-15H,3-4,13,16-18H2,1-2H3,(H,30,34). The van der Waals surface area contributed by atoms with Crippen LogP contribution in [0.5, 0.6) is 5.75 Å². The van der Waals surface area contributed by atoms with Gasteiger partial charge in [-0.25, -0.2) is 8.42 Å². The summed E-state index contributed by atoms with van der Waals surface area (Å²) in [5.74, 6) is -0.346. The van der Waals surface area contributed by atoms with Gasteiger partial charge in [-0.1, -0.05) is 41.9 Å². The minimum Gasteiger partial charge on any atom is -0.495 e. The molecule has 0 spiro atoms. The molecule has 3 aromatic rings. The molecule has 0 radical (unpaired) electrons. The van der Waals surface area contributed by atoms with E-state index in [1.165, 1.54) is 44.4 Å². The fourth-order valence-electron chi connectivity index (χ4n) is 4.47. The molecule has 0 aliphatic carbocycles. The summed E-state index contributed by atoms with van der Waals surface area (Å²) in [7, 11) is -3.13. The van der Waals surface area contributed by atoms with Crippen LogP contribution in [0.3, 0.4) is 0 Å². The number of carbonyl (C=O) groups excluding carboxylic acids is 2. The third-order valence-electron chi connectivity index (χ3n) is 6.72. The molecule has 1 aliphatic rings. The van der Waals surface area contributed by atoms with Crippen LogP contribution in [0.2, 0.25) is 5.02 Å². The molecule has 0 unspecified atom stereocenters. The monoisotopic (exact) mass is 600 g/mol. The number of carbonyl (C=O) groups is 2. The Kier molecular flexibility index (Phi) is 9.14. The van der Waals surface area contributed by atoms with Crippen molar-refractivity contribution in [2.45, 2.75) is 37.8 Å². The molecule has 1 fully saturated rings. The Hall–Kier alpha value is -4.16. The third-order valence-corrected chi connectivity index (χ3v) is 8.71. The van der Waals surface area contributed by atoms with Crippen molar-refractivity contribution < 1.29 is 27.7 Å². The molecule has 216 valence electrons. The maximum Gasteiger partial charge on any atom is 0.273 e. The average molecular weight is 601 g/mol. The van der Waals surface area contributed by atoms with Crippen LogP contribution in [-0.2, 0) is 32.7 Å². The first-order chi connectivity index (χ1) is 19.5. The molecular formula is C28H29ClN4O7S. The van der Waals surface area contributed by atoms with Crippen LogP contribution in [0.4, 0.5) is 11.4 Å². The minimum atomic E-state index is -4.48. The van der Waals surface area contributed by atoms with Gasteiger partial charge in [0.05, 0.1) is 22.6 Å². The van der Waals surface area contributed by atoms with Gasteiger partial charge in [-0.3, -0.25) is 24.0 Å². The summed E-state index contributed by atoms with van der Waals surface area (Å²) in [5.41, 5.74) is 1.66. The zero-order chi connectivity index (χ0) is 29.7. The molecular weight excluding hydrogens is 572 g/mol. The molecule has 3 aromatic carbocycles. The van der Waals surface area contributed by atoms with Crippen LogP contribution in [0.25, 0.3) is 0 Å². The second kappa shape index (κ2) is 12.6. The zero-order valence-corrected chi connectivity index (χ0v) is 24.1. The lowest BCUT2D eigenvalue weighted by molar-refractivity contribution is -0.385. The number of nitrogens with zero attached hydrogens (tertiary/aromatic N) is 3. The minimum absolute atomic E-state index is 0.000749. The number of rotatable bonds is 11. The first kappa shape index (κ1) is 29.8. The van der Waals surface area contributed by atoms with Crippen molar-refractivity contribution in [3.8, 4) is 5.75 Å². The number of nitro benzene ring substituents is 1. The fourth-order valence-corrected chi connectivity index (χ4v) is 6.08. The molecule has 4 rings (SSSR count). The second-order valence-electron chi connectivity index (χ2n) is 9.55. The Morgan fingerprint density at radius 1 is 1.12 bits per heavy atom. The summed E-state index contributed by atoms with van der Waals surface area (Å²) >= 11 is 6.16. The van der Waals surface area contributed by atoms with Crippen LogP contribution in [0.1, 0.15) is 29.5 Å². The van der Waals surface area contributed by atoms with Crippen molar-refractivity contribution >= 4 is 44.8 Å². The summed E-state index contributed by atoms with van der Waals surface area (Å²) in [5, 5.41) is 14.4. The van der Waals surface area contributed by atoms with E-state index in [1.807, 2.05) is 24.3 Å². The topological polar surface area (TPSA) is 139 Å². The number of nitro groups is 1. The van der Waals surface area contributed by atoms with E-state index in [-0.39, 0.29) is 45.1 Å². The molecule has 0 aromatic heterocycles. The molecule has 11 nitrogen and oxygen atoms in total. The Labute approximate surface area is 242 Å². The van der Waals surface area contributed by atoms with Crippen molar-refractivity contribution in [1.82, 2.24) is 10.2 Å².